The number of hydrogen-bond donors (Lipinski definition) is 1. The summed E-state index contributed by atoms with van der Waals surface area (Å²) in [6, 6.07) is 6.53. The number of ether oxygens (including phenoxy) is 1. The molecular weight excluding hydrogens is 324 g/mol. The number of amides is 1. The van der Waals surface area contributed by atoms with Crippen LogP contribution in [-0.2, 0) is 11.2 Å². The van der Waals surface area contributed by atoms with Gasteiger partial charge in [0.2, 0.25) is 5.91 Å². The molecule has 144 valence electrons. The minimum Gasteiger partial charge on any atom is -0.497 e. The van der Waals surface area contributed by atoms with Crippen molar-refractivity contribution in [2.24, 2.45) is 5.92 Å². The average Bonchev–Trinajstić information content (AvgIpc) is 2.61. The number of aryl methyl sites for hydroxylation is 1. The predicted molar refractivity (Wildman–Crippen MR) is 106 cm³/mol. The summed E-state index contributed by atoms with van der Waals surface area (Å²) in [6.45, 7) is 7.76. The SMILES string of the molecule is COc1ccc2c(c1)CCC[C@@H]2CC(=O)N[C@H](C)CN1CCC[C@@H](C)C1. The van der Waals surface area contributed by atoms with Crippen molar-refractivity contribution in [2.45, 2.75) is 64.3 Å². The molecule has 3 atom stereocenters. The average molecular weight is 359 g/mol. The number of piperidine rings is 1. The summed E-state index contributed by atoms with van der Waals surface area (Å²) in [5.74, 6) is 2.23. The van der Waals surface area contributed by atoms with Crippen molar-refractivity contribution in [3.63, 3.8) is 0 Å². The summed E-state index contributed by atoms with van der Waals surface area (Å²) in [4.78, 5) is 15.1. The Morgan fingerprint density at radius 1 is 1.35 bits per heavy atom. The zero-order valence-corrected chi connectivity index (χ0v) is 16.6. The summed E-state index contributed by atoms with van der Waals surface area (Å²) in [5, 5.41) is 3.24. The van der Waals surface area contributed by atoms with Crippen LogP contribution in [0.25, 0.3) is 0 Å². The lowest BCUT2D eigenvalue weighted by molar-refractivity contribution is -0.122. The van der Waals surface area contributed by atoms with E-state index in [0.717, 1.165) is 44.0 Å². The van der Waals surface area contributed by atoms with Crippen molar-refractivity contribution < 1.29 is 9.53 Å². The Morgan fingerprint density at radius 3 is 2.96 bits per heavy atom. The molecule has 1 saturated heterocycles. The van der Waals surface area contributed by atoms with Crippen LogP contribution in [0.1, 0.15) is 63.0 Å². The largest absolute Gasteiger partial charge is 0.497 e. The smallest absolute Gasteiger partial charge is 0.220 e. The van der Waals surface area contributed by atoms with Gasteiger partial charge in [0.1, 0.15) is 5.75 Å². The number of methoxy groups -OCH3 is 1. The van der Waals surface area contributed by atoms with Gasteiger partial charge in [0.15, 0.2) is 0 Å². The van der Waals surface area contributed by atoms with E-state index in [0.29, 0.717) is 12.3 Å². The third kappa shape index (κ3) is 5.00. The third-order valence-corrected chi connectivity index (χ3v) is 5.90. The minimum atomic E-state index is 0.191. The molecule has 1 fully saturated rings. The van der Waals surface area contributed by atoms with Gasteiger partial charge in [-0.15, -0.1) is 0 Å². The fraction of sp³-hybridized carbons (Fsp3) is 0.682. The van der Waals surface area contributed by atoms with Gasteiger partial charge in [0.25, 0.3) is 0 Å². The van der Waals surface area contributed by atoms with Crippen LogP contribution in [0.3, 0.4) is 0 Å². The number of carbonyl (C=O) groups is 1. The first kappa shape index (κ1) is 19.2. The Labute approximate surface area is 158 Å². The van der Waals surface area contributed by atoms with E-state index in [-0.39, 0.29) is 11.9 Å². The van der Waals surface area contributed by atoms with Crippen molar-refractivity contribution >= 4 is 5.91 Å². The molecule has 0 radical (unpaired) electrons. The van der Waals surface area contributed by atoms with Crippen molar-refractivity contribution in [3.05, 3.63) is 29.3 Å². The number of benzene rings is 1. The highest BCUT2D eigenvalue weighted by molar-refractivity contribution is 5.77. The fourth-order valence-corrected chi connectivity index (χ4v) is 4.67. The van der Waals surface area contributed by atoms with E-state index in [4.69, 9.17) is 4.74 Å². The summed E-state index contributed by atoms with van der Waals surface area (Å²) >= 11 is 0. The number of rotatable bonds is 6. The highest BCUT2D eigenvalue weighted by Gasteiger charge is 2.24. The molecular formula is C22H34N2O2. The zero-order valence-electron chi connectivity index (χ0n) is 16.6. The lowest BCUT2D eigenvalue weighted by atomic mass is 9.81. The molecule has 0 bridgehead atoms. The molecule has 1 aromatic carbocycles. The standard InChI is InChI=1S/C22H34N2O2/c1-16-6-5-11-24(14-16)15-17(2)23-22(25)13-19-8-4-7-18-12-20(26-3)9-10-21(18)19/h9-10,12,16-17,19H,4-8,11,13-15H2,1-3H3,(H,23,25)/t16-,17-,19-/m1/s1. The second-order valence-corrected chi connectivity index (χ2v) is 8.33. The summed E-state index contributed by atoms with van der Waals surface area (Å²) < 4.78 is 5.34. The van der Waals surface area contributed by atoms with E-state index in [1.165, 1.54) is 30.5 Å². The first-order valence-electron chi connectivity index (χ1n) is 10.2. The zero-order chi connectivity index (χ0) is 18.5. The summed E-state index contributed by atoms with van der Waals surface area (Å²) in [6.07, 6.45) is 6.56. The van der Waals surface area contributed by atoms with Gasteiger partial charge in [-0.3, -0.25) is 4.79 Å². The summed E-state index contributed by atoms with van der Waals surface area (Å²) in [7, 11) is 1.71. The van der Waals surface area contributed by atoms with Gasteiger partial charge in [-0.25, -0.2) is 0 Å². The molecule has 1 heterocycles. The topological polar surface area (TPSA) is 41.6 Å². The monoisotopic (exact) mass is 358 g/mol. The fourth-order valence-electron chi connectivity index (χ4n) is 4.67. The van der Waals surface area contributed by atoms with Gasteiger partial charge >= 0.3 is 0 Å². The summed E-state index contributed by atoms with van der Waals surface area (Å²) in [5.41, 5.74) is 2.69. The molecule has 1 aliphatic heterocycles. The molecule has 4 nitrogen and oxygen atoms in total. The van der Waals surface area contributed by atoms with Crippen LogP contribution >= 0.6 is 0 Å². The van der Waals surface area contributed by atoms with Gasteiger partial charge in [-0.1, -0.05) is 13.0 Å². The van der Waals surface area contributed by atoms with E-state index in [1.54, 1.807) is 7.11 Å². The Bertz CT molecular complexity index is 616. The van der Waals surface area contributed by atoms with Gasteiger partial charge in [0.05, 0.1) is 7.11 Å². The molecule has 0 unspecified atom stereocenters. The molecule has 0 saturated carbocycles. The highest BCUT2D eigenvalue weighted by Crippen LogP contribution is 2.35. The quantitative estimate of drug-likeness (QED) is 0.842. The van der Waals surface area contributed by atoms with Gasteiger partial charge in [0, 0.05) is 25.6 Å². The van der Waals surface area contributed by atoms with Gasteiger partial charge in [-0.2, -0.15) is 0 Å². The molecule has 0 aromatic heterocycles. The Morgan fingerprint density at radius 2 is 2.19 bits per heavy atom. The molecule has 3 rings (SSSR count). The highest BCUT2D eigenvalue weighted by atomic mass is 16.5. The molecule has 0 spiro atoms. The van der Waals surface area contributed by atoms with Crippen molar-refractivity contribution in [2.75, 3.05) is 26.7 Å². The van der Waals surface area contributed by atoms with E-state index >= 15 is 0 Å². The minimum absolute atomic E-state index is 0.191. The molecule has 1 amide bonds. The van der Waals surface area contributed by atoms with E-state index in [9.17, 15) is 4.79 Å². The van der Waals surface area contributed by atoms with Crippen LogP contribution in [0.4, 0.5) is 0 Å². The Hall–Kier alpha value is -1.55. The number of fused-ring (bicyclic) bond motifs is 1. The lowest BCUT2D eigenvalue weighted by Gasteiger charge is -2.33. The normalized spacial score (nSPS) is 24.6. The number of carbonyl (C=O) groups excluding carboxylic acids is 1. The van der Waals surface area contributed by atoms with Crippen LogP contribution < -0.4 is 10.1 Å². The second kappa shape index (κ2) is 8.90. The molecule has 4 heteroatoms. The number of likely N-dealkylation sites (tertiary alicyclic amines) is 1. The van der Waals surface area contributed by atoms with Crippen LogP contribution in [0.2, 0.25) is 0 Å². The lowest BCUT2D eigenvalue weighted by Crippen LogP contribution is -2.45. The maximum absolute atomic E-state index is 12.6. The first-order valence-corrected chi connectivity index (χ1v) is 10.2. The van der Waals surface area contributed by atoms with Gasteiger partial charge in [-0.05, 0) is 80.7 Å². The molecule has 1 aliphatic carbocycles. The second-order valence-electron chi connectivity index (χ2n) is 8.33. The maximum atomic E-state index is 12.6. The van der Waals surface area contributed by atoms with Crippen molar-refractivity contribution in [1.29, 1.82) is 0 Å². The van der Waals surface area contributed by atoms with E-state index in [2.05, 4.69) is 36.2 Å². The maximum Gasteiger partial charge on any atom is 0.220 e. The van der Waals surface area contributed by atoms with Crippen LogP contribution in [-0.4, -0.2) is 43.6 Å². The third-order valence-electron chi connectivity index (χ3n) is 5.90. The number of nitrogens with one attached hydrogen (secondary N) is 1. The number of nitrogens with zero attached hydrogens (tertiary/aromatic N) is 1. The predicted octanol–water partition coefficient (Wildman–Crippen LogP) is 3.74. The number of hydrogen-bond acceptors (Lipinski definition) is 3. The van der Waals surface area contributed by atoms with E-state index in [1.807, 2.05) is 6.07 Å². The van der Waals surface area contributed by atoms with Crippen molar-refractivity contribution in [3.8, 4) is 5.75 Å². The van der Waals surface area contributed by atoms with Crippen molar-refractivity contribution in [1.82, 2.24) is 10.2 Å². The molecule has 1 aromatic rings. The Balaban J connectivity index is 1.52. The van der Waals surface area contributed by atoms with E-state index < -0.39 is 0 Å². The molecule has 26 heavy (non-hydrogen) atoms. The van der Waals surface area contributed by atoms with Crippen LogP contribution in [0.15, 0.2) is 18.2 Å². The van der Waals surface area contributed by atoms with Crippen LogP contribution in [0.5, 0.6) is 5.75 Å². The first-order chi connectivity index (χ1) is 12.5. The van der Waals surface area contributed by atoms with Crippen LogP contribution in [0, 0.1) is 5.92 Å². The molecule has 1 N–H and O–H groups in total. The van der Waals surface area contributed by atoms with Gasteiger partial charge < -0.3 is 15.0 Å². The Kier molecular flexibility index (Phi) is 6.58. The molecule has 2 aliphatic rings.